The van der Waals surface area contributed by atoms with Crippen LogP contribution in [0, 0.1) is 0 Å². The second-order valence-electron chi connectivity index (χ2n) is 5.56. The predicted molar refractivity (Wildman–Crippen MR) is 102 cm³/mol. The Morgan fingerprint density at radius 2 is 1.68 bits per heavy atom. The quantitative estimate of drug-likeness (QED) is 0.519. The highest BCUT2D eigenvalue weighted by molar-refractivity contribution is 7.21. The summed E-state index contributed by atoms with van der Waals surface area (Å²) < 4.78 is 0.840. The van der Waals surface area contributed by atoms with Gasteiger partial charge in [0.05, 0.1) is 4.70 Å². The summed E-state index contributed by atoms with van der Waals surface area (Å²) in [7, 11) is 0. The van der Waals surface area contributed by atoms with Crippen LogP contribution in [0.25, 0.3) is 21.2 Å². The van der Waals surface area contributed by atoms with Crippen LogP contribution in [0.2, 0.25) is 0 Å². The first kappa shape index (κ1) is 15.4. The highest BCUT2D eigenvalue weighted by atomic mass is 32.1. The molecule has 4 rings (SSSR count). The Morgan fingerprint density at radius 3 is 2.40 bits per heavy atom. The van der Waals surface area contributed by atoms with Crippen LogP contribution in [-0.4, -0.2) is 16.1 Å². The summed E-state index contributed by atoms with van der Waals surface area (Å²) in [5, 5.41) is 13.3. The van der Waals surface area contributed by atoms with Crippen molar-refractivity contribution in [3.05, 3.63) is 77.8 Å². The Labute approximate surface area is 148 Å². The number of pyridine rings is 1. The van der Waals surface area contributed by atoms with E-state index in [-0.39, 0.29) is 0 Å². The van der Waals surface area contributed by atoms with E-state index in [1.807, 2.05) is 36.4 Å². The summed E-state index contributed by atoms with van der Waals surface area (Å²) >= 11 is 1.23. The number of hydrogen-bond acceptors (Lipinski definition) is 4. The van der Waals surface area contributed by atoms with Crippen LogP contribution < -0.4 is 5.32 Å². The van der Waals surface area contributed by atoms with Gasteiger partial charge in [-0.15, -0.1) is 11.3 Å². The maximum Gasteiger partial charge on any atom is 0.345 e. The van der Waals surface area contributed by atoms with Gasteiger partial charge in [0, 0.05) is 11.9 Å². The number of rotatable bonds is 4. The fourth-order valence-electron chi connectivity index (χ4n) is 2.67. The Morgan fingerprint density at radius 1 is 0.960 bits per heavy atom. The maximum atomic E-state index is 11.2. The summed E-state index contributed by atoms with van der Waals surface area (Å²) in [5.74, 6) is -0.248. The topological polar surface area (TPSA) is 62.2 Å². The maximum absolute atomic E-state index is 11.2. The lowest BCUT2D eigenvalue weighted by atomic mass is 10.1. The summed E-state index contributed by atoms with van der Waals surface area (Å²) in [6, 6.07) is 21.8. The number of carbonyl (C=O) groups is 1. The number of nitrogens with one attached hydrogen (secondary N) is 1. The van der Waals surface area contributed by atoms with Gasteiger partial charge in [0.2, 0.25) is 0 Å². The Hall–Kier alpha value is -3.18. The standard InChI is InChI=1S/C20H14N2O2S/c23-20(24)17-12-15-10-11-21-19(18(15)25-17)22-16-8-6-14(7-9-16)13-4-2-1-3-5-13/h1-12H,(H,21,22)(H,23,24). The molecule has 122 valence electrons. The summed E-state index contributed by atoms with van der Waals surface area (Å²) in [6.07, 6.45) is 1.68. The monoisotopic (exact) mass is 346 g/mol. The molecule has 0 aliphatic carbocycles. The summed E-state index contributed by atoms with van der Waals surface area (Å²) in [4.78, 5) is 15.9. The van der Waals surface area contributed by atoms with Crippen molar-refractivity contribution in [2.45, 2.75) is 0 Å². The van der Waals surface area contributed by atoms with Crippen LogP contribution in [-0.2, 0) is 0 Å². The van der Waals surface area contributed by atoms with Gasteiger partial charge in [0.1, 0.15) is 10.7 Å². The molecular weight excluding hydrogens is 332 g/mol. The van der Waals surface area contributed by atoms with Crippen LogP contribution in [0.15, 0.2) is 72.9 Å². The van der Waals surface area contributed by atoms with Gasteiger partial charge >= 0.3 is 5.97 Å². The number of benzene rings is 2. The van der Waals surface area contributed by atoms with Gasteiger partial charge in [-0.1, -0.05) is 42.5 Å². The molecule has 2 aromatic heterocycles. The molecule has 2 heterocycles. The molecule has 2 aromatic carbocycles. The van der Waals surface area contributed by atoms with Gasteiger partial charge in [0.25, 0.3) is 0 Å². The molecule has 0 unspecified atom stereocenters. The number of nitrogens with zero attached hydrogens (tertiary/aromatic N) is 1. The normalized spacial score (nSPS) is 10.7. The second-order valence-corrected chi connectivity index (χ2v) is 6.61. The van der Waals surface area contributed by atoms with E-state index in [0.717, 1.165) is 21.3 Å². The lowest BCUT2D eigenvalue weighted by Crippen LogP contribution is -1.93. The number of fused-ring (bicyclic) bond motifs is 1. The molecule has 0 bridgehead atoms. The largest absolute Gasteiger partial charge is 0.477 e. The average Bonchev–Trinajstić information content (AvgIpc) is 3.09. The minimum Gasteiger partial charge on any atom is -0.477 e. The fraction of sp³-hybridized carbons (Fsp3) is 0. The molecule has 5 heteroatoms. The molecule has 0 fully saturated rings. The van der Waals surface area contributed by atoms with Crippen molar-refractivity contribution in [1.82, 2.24) is 4.98 Å². The first-order valence-electron chi connectivity index (χ1n) is 7.75. The first-order chi connectivity index (χ1) is 12.2. The van der Waals surface area contributed by atoms with Crippen molar-refractivity contribution in [2.75, 3.05) is 5.32 Å². The highest BCUT2D eigenvalue weighted by Gasteiger charge is 2.12. The third-order valence-corrected chi connectivity index (χ3v) is 5.04. The number of thiophene rings is 1. The Balaban J connectivity index is 1.64. The van der Waals surface area contributed by atoms with Crippen LogP contribution in [0.4, 0.5) is 11.5 Å². The fourth-order valence-corrected chi connectivity index (χ4v) is 3.61. The van der Waals surface area contributed by atoms with E-state index in [9.17, 15) is 9.90 Å². The van der Waals surface area contributed by atoms with Crippen molar-refractivity contribution >= 4 is 38.9 Å². The minimum absolute atomic E-state index is 0.311. The Bertz CT molecular complexity index is 1040. The van der Waals surface area contributed by atoms with E-state index in [1.54, 1.807) is 12.3 Å². The van der Waals surface area contributed by atoms with Crippen LogP contribution in [0.5, 0.6) is 0 Å². The molecule has 0 aliphatic rings. The van der Waals surface area contributed by atoms with Crippen LogP contribution in [0.1, 0.15) is 9.67 Å². The number of anilines is 2. The van der Waals surface area contributed by atoms with Gasteiger partial charge < -0.3 is 10.4 Å². The molecular formula is C20H14N2O2S. The van der Waals surface area contributed by atoms with E-state index >= 15 is 0 Å². The summed E-state index contributed by atoms with van der Waals surface area (Å²) in [5.41, 5.74) is 3.21. The highest BCUT2D eigenvalue weighted by Crippen LogP contribution is 2.32. The van der Waals surface area contributed by atoms with Crippen LogP contribution in [0.3, 0.4) is 0 Å². The number of carboxylic acids is 1. The van der Waals surface area contributed by atoms with E-state index in [4.69, 9.17) is 0 Å². The van der Waals surface area contributed by atoms with Gasteiger partial charge in [-0.2, -0.15) is 0 Å². The van der Waals surface area contributed by atoms with E-state index in [1.165, 1.54) is 16.9 Å². The molecule has 0 aliphatic heterocycles. The average molecular weight is 346 g/mol. The van der Waals surface area contributed by atoms with Gasteiger partial charge in [-0.05, 0) is 40.8 Å². The SMILES string of the molecule is O=C(O)c1cc2ccnc(Nc3ccc(-c4ccccc4)cc3)c2s1. The van der Waals surface area contributed by atoms with Gasteiger partial charge in [-0.3, -0.25) is 0 Å². The molecule has 0 saturated carbocycles. The van der Waals surface area contributed by atoms with Crippen molar-refractivity contribution in [3.8, 4) is 11.1 Å². The molecule has 4 aromatic rings. The lowest BCUT2D eigenvalue weighted by molar-refractivity contribution is 0.0702. The van der Waals surface area contributed by atoms with E-state index < -0.39 is 5.97 Å². The van der Waals surface area contributed by atoms with Crippen molar-refractivity contribution in [2.24, 2.45) is 0 Å². The third kappa shape index (κ3) is 3.09. The molecule has 0 atom stereocenters. The molecule has 2 N–H and O–H groups in total. The number of hydrogen-bond donors (Lipinski definition) is 2. The van der Waals surface area contributed by atoms with Gasteiger partial charge in [0.15, 0.2) is 0 Å². The predicted octanol–water partition coefficient (Wildman–Crippen LogP) is 5.41. The molecule has 0 spiro atoms. The minimum atomic E-state index is -0.917. The zero-order chi connectivity index (χ0) is 17.2. The number of aromatic nitrogens is 1. The van der Waals surface area contributed by atoms with Gasteiger partial charge in [-0.25, -0.2) is 9.78 Å². The molecule has 0 amide bonds. The number of aromatic carboxylic acids is 1. The van der Waals surface area contributed by atoms with Crippen molar-refractivity contribution in [1.29, 1.82) is 0 Å². The first-order valence-corrected chi connectivity index (χ1v) is 8.57. The third-order valence-electron chi connectivity index (χ3n) is 3.90. The van der Waals surface area contributed by atoms with Crippen LogP contribution >= 0.6 is 11.3 Å². The van der Waals surface area contributed by atoms with E-state index in [2.05, 4.69) is 34.6 Å². The molecule has 4 nitrogen and oxygen atoms in total. The molecule has 0 radical (unpaired) electrons. The molecule has 0 saturated heterocycles. The smallest absolute Gasteiger partial charge is 0.345 e. The number of carboxylic acid groups (broad SMARTS) is 1. The lowest BCUT2D eigenvalue weighted by Gasteiger charge is -2.08. The Kier molecular flexibility index (Phi) is 3.91. The second kappa shape index (κ2) is 6.37. The molecule has 25 heavy (non-hydrogen) atoms. The van der Waals surface area contributed by atoms with Crippen molar-refractivity contribution in [3.63, 3.8) is 0 Å². The zero-order valence-electron chi connectivity index (χ0n) is 13.1. The van der Waals surface area contributed by atoms with E-state index in [0.29, 0.717) is 10.7 Å². The van der Waals surface area contributed by atoms with Crippen molar-refractivity contribution < 1.29 is 9.90 Å². The summed E-state index contributed by atoms with van der Waals surface area (Å²) in [6.45, 7) is 0. The zero-order valence-corrected chi connectivity index (χ0v) is 14.0.